The molecule has 6 heteroatoms. The highest BCUT2D eigenvalue weighted by molar-refractivity contribution is 6.34. The van der Waals surface area contributed by atoms with Crippen LogP contribution in [0.1, 0.15) is 48.5 Å². The molecule has 5 nitrogen and oxygen atoms in total. The lowest BCUT2D eigenvalue weighted by molar-refractivity contribution is -0.335. The summed E-state index contributed by atoms with van der Waals surface area (Å²) in [5, 5.41) is 8.11. The molecule has 0 aromatic rings. The summed E-state index contributed by atoms with van der Waals surface area (Å²) in [6.07, 6.45) is 0. The summed E-state index contributed by atoms with van der Waals surface area (Å²) in [7, 11) is -0.936. The molecule has 0 aliphatic carbocycles. The van der Waals surface area contributed by atoms with Crippen molar-refractivity contribution in [1.82, 2.24) is 0 Å². The van der Waals surface area contributed by atoms with Crippen LogP contribution in [0.2, 0.25) is 0 Å². The minimum absolute atomic E-state index is 0.303. The maximum Gasteiger partial charge on any atom is 0.401 e. The predicted octanol–water partition coefficient (Wildman–Crippen LogP) is 3.00. The molecule has 0 aromatic heterocycles. The van der Waals surface area contributed by atoms with Crippen LogP contribution in [-0.2, 0) is 14.1 Å². The molecule has 0 aliphatic heterocycles. The summed E-state index contributed by atoms with van der Waals surface area (Å²) in [4.78, 5) is 10.8. The Morgan fingerprint density at radius 3 is 1.75 bits per heavy atom. The molecule has 0 saturated carbocycles. The molecule has 116 valence electrons. The first kappa shape index (κ1) is 18.9. The van der Waals surface area contributed by atoms with Gasteiger partial charge in [-0.05, 0) is 25.7 Å². The average Bonchev–Trinajstić information content (AvgIpc) is 2.39. The van der Waals surface area contributed by atoms with Crippen LogP contribution in [-0.4, -0.2) is 27.2 Å². The van der Waals surface area contributed by atoms with Gasteiger partial charge >= 0.3 is 5.97 Å². The van der Waals surface area contributed by atoms with Gasteiger partial charge in [0.15, 0.2) is 9.76 Å². The molecule has 0 N–H and O–H groups in total. The Morgan fingerprint density at radius 1 is 1.05 bits per heavy atom. The van der Waals surface area contributed by atoms with Crippen molar-refractivity contribution in [3.05, 3.63) is 12.3 Å². The normalized spacial score (nSPS) is 16.9. The van der Waals surface area contributed by atoms with Crippen LogP contribution in [0, 0.1) is 11.8 Å². The first-order chi connectivity index (χ1) is 9.22. The first-order valence-electron chi connectivity index (χ1n) is 6.92. The zero-order valence-corrected chi connectivity index (χ0v) is 15.2. The maximum absolute atomic E-state index is 5.60. The third kappa shape index (κ3) is 7.45. The Hall–Kier alpha value is -1.14. The lowest BCUT2D eigenvalue weighted by atomic mass is 10.1. The second kappa shape index (κ2) is 8.92. The van der Waals surface area contributed by atoms with Crippen LogP contribution in [0.4, 0.5) is 0 Å². The molecular weight excluding hydrogens is 272 g/mol. The van der Waals surface area contributed by atoms with Gasteiger partial charge in [-0.2, -0.15) is 0 Å². The Bertz CT molecular complexity index is 339. The van der Waals surface area contributed by atoms with Gasteiger partial charge in [-0.25, -0.2) is 0 Å². The van der Waals surface area contributed by atoms with Gasteiger partial charge in [-0.15, -0.1) is 6.58 Å². The summed E-state index contributed by atoms with van der Waals surface area (Å²) in [5.74, 6) is -0.694. The molecule has 0 amide bonds. The fraction of sp³-hybridized carbons (Fsp3) is 0.714. The van der Waals surface area contributed by atoms with Gasteiger partial charge in [0.2, 0.25) is 0 Å². The summed E-state index contributed by atoms with van der Waals surface area (Å²) in [6.45, 7) is 17.3. The van der Waals surface area contributed by atoms with Gasteiger partial charge in [-0.1, -0.05) is 43.7 Å². The van der Waals surface area contributed by atoms with Crippen LogP contribution in [0.3, 0.4) is 0 Å². The second-order valence-electron chi connectivity index (χ2n) is 5.42. The Morgan fingerprint density at radius 2 is 1.45 bits per heavy atom. The van der Waals surface area contributed by atoms with E-state index in [-0.39, 0.29) is 0 Å². The number of nitrogens with zero attached hydrogens (tertiary/aromatic N) is 2. The largest absolute Gasteiger partial charge is 0.401 e. The van der Waals surface area contributed by atoms with E-state index in [9.17, 15) is 0 Å². The molecule has 0 aromatic carbocycles. The van der Waals surface area contributed by atoms with E-state index in [1.165, 1.54) is 0 Å². The lowest BCUT2D eigenvalue weighted by Gasteiger charge is -2.25. The molecule has 0 unspecified atom stereocenters. The van der Waals surface area contributed by atoms with Crippen LogP contribution >= 0.6 is 0 Å². The molecule has 0 heterocycles. The van der Waals surface area contributed by atoms with E-state index in [0.717, 1.165) is 11.4 Å². The zero-order valence-electron chi connectivity index (χ0n) is 13.8. The number of rotatable bonds is 9. The maximum atomic E-state index is 5.60. The van der Waals surface area contributed by atoms with E-state index in [1.807, 2.05) is 41.5 Å². The van der Waals surface area contributed by atoms with Gasteiger partial charge < -0.3 is 14.1 Å². The monoisotopic (exact) mass is 300 g/mol. The molecule has 20 heavy (non-hydrogen) atoms. The van der Waals surface area contributed by atoms with Crippen molar-refractivity contribution >= 4 is 21.2 Å². The summed E-state index contributed by atoms with van der Waals surface area (Å²) in [6, 6.07) is 0. The summed E-state index contributed by atoms with van der Waals surface area (Å²) in [5.41, 5.74) is 3.49. The quantitative estimate of drug-likeness (QED) is 0.285. The zero-order chi connectivity index (χ0) is 15.8. The third-order valence-corrected chi connectivity index (χ3v) is 3.77. The molecule has 0 saturated heterocycles. The number of oxime groups is 2. The second-order valence-corrected chi connectivity index (χ2v) is 6.62. The highest BCUT2D eigenvalue weighted by Gasteiger charge is 2.30. The van der Waals surface area contributed by atoms with Crippen molar-refractivity contribution in [3.8, 4) is 0 Å². The number of hydrogen-bond acceptors (Lipinski definition) is 5. The minimum Gasteiger partial charge on any atom is -0.349 e. The van der Waals surface area contributed by atoms with Crippen molar-refractivity contribution in [1.29, 1.82) is 0 Å². The van der Waals surface area contributed by atoms with E-state index in [1.54, 1.807) is 12.6 Å². The third-order valence-electron chi connectivity index (χ3n) is 2.85. The molecule has 0 spiro atoms. The van der Waals surface area contributed by atoms with Gasteiger partial charge in [0.05, 0.1) is 11.4 Å². The van der Waals surface area contributed by atoms with Gasteiger partial charge in [-0.3, -0.25) is 0 Å². The van der Waals surface area contributed by atoms with Crippen LogP contribution in [0.15, 0.2) is 22.6 Å². The predicted molar refractivity (Wildman–Crippen MR) is 86.3 cm³/mol. The van der Waals surface area contributed by atoms with Crippen LogP contribution < -0.4 is 0 Å². The summed E-state index contributed by atoms with van der Waals surface area (Å²) < 4.78 is 5.60. The topological polar surface area (TPSA) is 52.4 Å². The minimum atomic E-state index is -1.30. The molecule has 0 fully saturated rings. The van der Waals surface area contributed by atoms with E-state index >= 15 is 0 Å². The van der Waals surface area contributed by atoms with Crippen molar-refractivity contribution in [2.24, 2.45) is 22.1 Å². The Kier molecular flexibility index (Phi) is 8.41. The van der Waals surface area contributed by atoms with Crippen molar-refractivity contribution in [2.75, 3.05) is 0 Å². The van der Waals surface area contributed by atoms with Gasteiger partial charge in [0.25, 0.3) is 0 Å². The van der Waals surface area contributed by atoms with Crippen molar-refractivity contribution < 1.29 is 14.1 Å². The van der Waals surface area contributed by atoms with Crippen LogP contribution in [0.25, 0.3) is 0 Å². The smallest absolute Gasteiger partial charge is 0.349 e. The SMILES string of the molecule is C=C[SiH2]OC(C)(ON=C(C)C(C)C)ON=C(C)C(C)C. The fourth-order valence-electron chi connectivity index (χ4n) is 0.800. The van der Waals surface area contributed by atoms with Gasteiger partial charge in [0, 0.05) is 6.92 Å². The molecule has 0 aliphatic rings. The van der Waals surface area contributed by atoms with E-state index in [4.69, 9.17) is 14.1 Å². The highest BCUT2D eigenvalue weighted by Crippen LogP contribution is 2.17. The van der Waals surface area contributed by atoms with Crippen LogP contribution in [0.5, 0.6) is 0 Å². The Balaban J connectivity index is 4.86. The van der Waals surface area contributed by atoms with Crippen molar-refractivity contribution in [3.63, 3.8) is 0 Å². The molecular formula is C14H28N2O3Si. The van der Waals surface area contributed by atoms with E-state index in [0.29, 0.717) is 11.8 Å². The standard InChI is InChI=1S/C14H28N2O3Si/c1-9-20-19-14(8,17-15-12(6)10(2)3)18-16-13(7)11(4)5/h9-11H,1,20H2,2-8H3. The van der Waals surface area contributed by atoms with Gasteiger partial charge in [0.1, 0.15) is 0 Å². The molecule has 0 bridgehead atoms. The van der Waals surface area contributed by atoms with E-state index < -0.39 is 15.7 Å². The first-order valence-corrected chi connectivity index (χ1v) is 8.31. The average molecular weight is 300 g/mol. The molecule has 0 radical (unpaired) electrons. The fourth-order valence-corrected chi connectivity index (χ4v) is 1.33. The summed E-state index contributed by atoms with van der Waals surface area (Å²) >= 11 is 0. The Labute approximate surface area is 125 Å². The van der Waals surface area contributed by atoms with Crippen molar-refractivity contribution in [2.45, 2.75) is 54.4 Å². The highest BCUT2D eigenvalue weighted by atomic mass is 28.2. The molecule has 0 rings (SSSR count). The molecule has 0 atom stereocenters. The van der Waals surface area contributed by atoms with E-state index in [2.05, 4.69) is 16.9 Å². The number of hydrogen-bond donors (Lipinski definition) is 0. The lowest BCUT2D eigenvalue weighted by Crippen LogP contribution is -2.34.